The molecule has 2 aliphatic rings. The van der Waals surface area contributed by atoms with Gasteiger partial charge < -0.3 is 10.4 Å². The summed E-state index contributed by atoms with van der Waals surface area (Å²) < 4.78 is 37.5. The maximum atomic E-state index is 12.5. The predicted molar refractivity (Wildman–Crippen MR) is 36.0 cm³/mol. The smallest absolute Gasteiger partial charge is 0.396 e. The molecule has 74 valence electrons. The quantitative estimate of drug-likeness (QED) is 0.644. The number of hydrogen-bond acceptors (Lipinski definition) is 2. The Morgan fingerprint density at radius 3 is 2.31 bits per heavy atom. The molecule has 0 bridgehead atoms. The van der Waals surface area contributed by atoms with E-state index in [1.807, 2.05) is 0 Å². The van der Waals surface area contributed by atoms with Crippen LogP contribution in [-0.4, -0.2) is 30.3 Å². The molecule has 1 heterocycles. The van der Waals surface area contributed by atoms with Gasteiger partial charge in [0.1, 0.15) is 0 Å². The fourth-order valence-electron chi connectivity index (χ4n) is 2.25. The van der Waals surface area contributed by atoms with Crippen molar-refractivity contribution in [3.8, 4) is 0 Å². The van der Waals surface area contributed by atoms with Gasteiger partial charge in [-0.3, -0.25) is 4.79 Å². The van der Waals surface area contributed by atoms with E-state index in [1.54, 1.807) is 0 Å². The lowest BCUT2D eigenvalue weighted by molar-refractivity contribution is -0.195. The van der Waals surface area contributed by atoms with Crippen LogP contribution >= 0.6 is 0 Å². The van der Waals surface area contributed by atoms with Crippen molar-refractivity contribution < 1.29 is 23.1 Å². The molecule has 3 nitrogen and oxygen atoms in total. The molecule has 0 unspecified atom stereocenters. The fourth-order valence-corrected chi connectivity index (χ4v) is 2.25. The summed E-state index contributed by atoms with van der Waals surface area (Å²) in [6.45, 7) is -0.329. The molecule has 13 heavy (non-hydrogen) atoms. The van der Waals surface area contributed by atoms with Crippen LogP contribution in [-0.2, 0) is 4.79 Å². The molecule has 2 rings (SSSR count). The number of carboxylic acids is 1. The molecule has 0 amide bonds. The van der Waals surface area contributed by atoms with Crippen LogP contribution in [0.5, 0.6) is 0 Å². The minimum absolute atomic E-state index is 0.0676. The van der Waals surface area contributed by atoms with Crippen molar-refractivity contribution in [2.24, 2.45) is 10.8 Å². The van der Waals surface area contributed by atoms with Gasteiger partial charge in [0.25, 0.3) is 0 Å². The fraction of sp³-hybridized carbons (Fsp3) is 0.857. The Labute approximate surface area is 71.9 Å². The van der Waals surface area contributed by atoms with Crippen LogP contribution in [0, 0.1) is 10.8 Å². The first-order valence-electron chi connectivity index (χ1n) is 3.87. The van der Waals surface area contributed by atoms with Gasteiger partial charge in [-0.15, -0.1) is 0 Å². The average molecular weight is 195 g/mol. The van der Waals surface area contributed by atoms with Gasteiger partial charge in [0.15, 0.2) is 0 Å². The number of nitrogens with one attached hydrogen (secondary N) is 1. The number of hydrogen-bond donors (Lipinski definition) is 2. The number of carboxylic acid groups (broad SMARTS) is 1. The van der Waals surface area contributed by atoms with E-state index >= 15 is 0 Å². The molecule has 2 fully saturated rings. The van der Waals surface area contributed by atoms with Gasteiger partial charge in [0, 0.05) is 13.1 Å². The van der Waals surface area contributed by atoms with E-state index < -0.39 is 23.0 Å². The summed E-state index contributed by atoms with van der Waals surface area (Å²) in [6.07, 6.45) is -4.68. The lowest BCUT2D eigenvalue weighted by Gasteiger charge is -2.17. The van der Waals surface area contributed by atoms with Crippen LogP contribution in [0.25, 0.3) is 0 Å². The summed E-state index contributed by atoms with van der Waals surface area (Å²) in [5, 5.41) is 11.2. The minimum Gasteiger partial charge on any atom is -0.481 e. The van der Waals surface area contributed by atoms with Crippen molar-refractivity contribution in [1.82, 2.24) is 5.32 Å². The van der Waals surface area contributed by atoms with Crippen LogP contribution in [0.4, 0.5) is 13.2 Å². The molecule has 0 spiro atoms. The van der Waals surface area contributed by atoms with Crippen LogP contribution in [0.1, 0.15) is 6.42 Å². The zero-order valence-electron chi connectivity index (χ0n) is 6.61. The van der Waals surface area contributed by atoms with Crippen LogP contribution in [0.15, 0.2) is 0 Å². The Hall–Kier alpha value is -0.780. The zero-order valence-corrected chi connectivity index (χ0v) is 6.61. The lowest BCUT2D eigenvalue weighted by atomic mass is 9.96. The van der Waals surface area contributed by atoms with E-state index in [4.69, 9.17) is 5.11 Å². The number of fused-ring (bicyclic) bond motifs is 1. The maximum absolute atomic E-state index is 12.5. The summed E-state index contributed by atoms with van der Waals surface area (Å²) in [5.41, 5.74) is -3.57. The molecule has 2 atom stereocenters. The minimum atomic E-state index is -4.41. The Morgan fingerprint density at radius 2 is 2.00 bits per heavy atom. The monoisotopic (exact) mass is 195 g/mol. The Morgan fingerprint density at radius 1 is 1.38 bits per heavy atom. The van der Waals surface area contributed by atoms with E-state index in [9.17, 15) is 18.0 Å². The SMILES string of the molecule is O=C(O)[C@@]12CNC[C@@]1(C(F)(F)F)C2. The summed E-state index contributed by atoms with van der Waals surface area (Å²) in [4.78, 5) is 10.7. The molecule has 1 saturated carbocycles. The second-order valence-corrected chi connectivity index (χ2v) is 3.75. The highest BCUT2D eigenvalue weighted by Crippen LogP contribution is 2.72. The highest BCUT2D eigenvalue weighted by atomic mass is 19.4. The van der Waals surface area contributed by atoms with Gasteiger partial charge >= 0.3 is 12.1 Å². The number of halogens is 3. The van der Waals surface area contributed by atoms with E-state index in [0.29, 0.717) is 0 Å². The van der Waals surface area contributed by atoms with Crippen LogP contribution < -0.4 is 5.32 Å². The molecular weight excluding hydrogens is 187 g/mol. The molecule has 1 aliphatic heterocycles. The number of aliphatic carboxylic acids is 1. The summed E-state index contributed by atoms with van der Waals surface area (Å²) in [7, 11) is 0. The van der Waals surface area contributed by atoms with Crippen molar-refractivity contribution in [1.29, 1.82) is 0 Å². The Balaban J connectivity index is 2.35. The standard InChI is InChI=1S/C7H8F3NO2/c8-7(9,10)6-1-5(6,4(12)13)2-11-3-6/h11H,1-3H2,(H,12,13)/t5-,6+/m1/s1. The molecule has 0 radical (unpaired) electrons. The van der Waals surface area contributed by atoms with Crippen LogP contribution in [0.3, 0.4) is 0 Å². The number of piperidine rings is 1. The first-order chi connectivity index (χ1) is 5.86. The highest BCUT2D eigenvalue weighted by Gasteiger charge is 2.85. The number of carbonyl (C=O) groups is 1. The van der Waals surface area contributed by atoms with Crippen molar-refractivity contribution in [3.05, 3.63) is 0 Å². The Bertz CT molecular complexity index is 277. The van der Waals surface area contributed by atoms with Gasteiger partial charge in [-0.05, 0) is 6.42 Å². The summed E-state index contributed by atoms with van der Waals surface area (Å²) >= 11 is 0. The first kappa shape index (κ1) is 8.80. The van der Waals surface area contributed by atoms with Gasteiger partial charge in [-0.1, -0.05) is 0 Å². The van der Waals surface area contributed by atoms with E-state index in [2.05, 4.69) is 5.32 Å². The van der Waals surface area contributed by atoms with E-state index in [0.717, 1.165) is 0 Å². The normalized spacial score (nSPS) is 43.0. The van der Waals surface area contributed by atoms with Gasteiger partial charge in [0.2, 0.25) is 0 Å². The molecule has 0 aromatic rings. The van der Waals surface area contributed by atoms with Crippen LogP contribution in [0.2, 0.25) is 0 Å². The summed E-state index contributed by atoms with van der Waals surface area (Å²) in [5.74, 6) is -1.34. The number of alkyl halides is 3. The largest absolute Gasteiger partial charge is 0.481 e. The van der Waals surface area contributed by atoms with Crippen molar-refractivity contribution in [2.75, 3.05) is 13.1 Å². The van der Waals surface area contributed by atoms with E-state index in [1.165, 1.54) is 0 Å². The average Bonchev–Trinajstić information content (AvgIpc) is 2.51. The van der Waals surface area contributed by atoms with Gasteiger partial charge in [-0.25, -0.2) is 0 Å². The molecule has 2 N–H and O–H groups in total. The van der Waals surface area contributed by atoms with Crippen molar-refractivity contribution in [3.63, 3.8) is 0 Å². The molecule has 1 saturated heterocycles. The molecule has 0 aromatic carbocycles. The van der Waals surface area contributed by atoms with Crippen molar-refractivity contribution in [2.45, 2.75) is 12.6 Å². The number of rotatable bonds is 1. The maximum Gasteiger partial charge on any atom is 0.396 e. The topological polar surface area (TPSA) is 49.3 Å². The third-order valence-electron chi connectivity index (χ3n) is 3.20. The van der Waals surface area contributed by atoms with Crippen molar-refractivity contribution >= 4 is 5.97 Å². The zero-order chi connectivity index (χ0) is 9.91. The molecular formula is C7H8F3NO2. The second kappa shape index (κ2) is 2.00. The Kier molecular flexibility index (Phi) is 1.35. The predicted octanol–water partition coefficient (Wildman–Crippen LogP) is 0.613. The first-order valence-corrected chi connectivity index (χ1v) is 3.87. The molecule has 6 heteroatoms. The molecule has 0 aromatic heterocycles. The van der Waals surface area contributed by atoms with Gasteiger partial charge in [0.05, 0.1) is 10.8 Å². The third kappa shape index (κ3) is 0.769. The summed E-state index contributed by atoms with van der Waals surface area (Å²) in [6, 6.07) is 0. The molecule has 1 aliphatic carbocycles. The third-order valence-corrected chi connectivity index (χ3v) is 3.20. The second-order valence-electron chi connectivity index (χ2n) is 3.75. The van der Waals surface area contributed by atoms with Gasteiger partial charge in [-0.2, -0.15) is 13.2 Å². The lowest BCUT2D eigenvalue weighted by Crippen LogP contribution is -2.34. The highest BCUT2D eigenvalue weighted by molar-refractivity contribution is 5.81. The van der Waals surface area contributed by atoms with E-state index in [-0.39, 0.29) is 19.5 Å².